The molecule has 3 N–H and O–H groups in total. The van der Waals surface area contributed by atoms with Crippen LogP contribution >= 0.6 is 0 Å². The van der Waals surface area contributed by atoms with Gasteiger partial charge in [-0.1, -0.05) is 18.6 Å². The molecule has 134 valence electrons. The monoisotopic (exact) mass is 344 g/mol. The molecule has 2 atom stereocenters. The molecule has 1 aliphatic carbocycles. The van der Waals surface area contributed by atoms with Crippen molar-refractivity contribution in [1.29, 1.82) is 0 Å². The Morgan fingerprint density at radius 2 is 2.12 bits per heavy atom. The van der Waals surface area contributed by atoms with Crippen LogP contribution in [0.2, 0.25) is 0 Å². The maximum Gasteiger partial charge on any atom is 0.422 e. The van der Waals surface area contributed by atoms with E-state index in [9.17, 15) is 18.0 Å². The van der Waals surface area contributed by atoms with Crippen LogP contribution in [0.15, 0.2) is 18.2 Å². The first-order chi connectivity index (χ1) is 11.3. The molecule has 1 amide bonds. The van der Waals surface area contributed by atoms with E-state index in [1.807, 2.05) is 0 Å². The van der Waals surface area contributed by atoms with Gasteiger partial charge in [0, 0.05) is 18.0 Å². The summed E-state index contributed by atoms with van der Waals surface area (Å²) < 4.78 is 42.0. The number of aryl methyl sites for hydroxylation is 1. The highest BCUT2D eigenvalue weighted by Crippen LogP contribution is 2.31. The van der Waals surface area contributed by atoms with Gasteiger partial charge < -0.3 is 15.8 Å². The molecule has 0 aromatic heterocycles. The van der Waals surface area contributed by atoms with Crippen molar-refractivity contribution in [1.82, 2.24) is 5.32 Å². The van der Waals surface area contributed by atoms with E-state index in [0.29, 0.717) is 12.1 Å². The number of benzene rings is 1. The Bertz CT molecular complexity index is 575. The van der Waals surface area contributed by atoms with Crippen molar-refractivity contribution in [3.8, 4) is 5.75 Å². The normalized spacial score (nSPS) is 20.9. The minimum absolute atomic E-state index is 0.0923. The SMILES string of the molecule is Cc1ccc(CNC(=O)[C@@H]2CCC[C@@H]2CN)c(OCC(F)(F)F)c1. The number of hydrogen-bond donors (Lipinski definition) is 2. The number of carbonyl (C=O) groups excluding carboxylic acids is 1. The molecular weight excluding hydrogens is 321 g/mol. The van der Waals surface area contributed by atoms with E-state index in [2.05, 4.69) is 5.32 Å². The molecule has 0 radical (unpaired) electrons. The lowest BCUT2D eigenvalue weighted by Gasteiger charge is -2.18. The van der Waals surface area contributed by atoms with Crippen LogP contribution in [0.3, 0.4) is 0 Å². The van der Waals surface area contributed by atoms with Crippen molar-refractivity contribution < 1.29 is 22.7 Å². The van der Waals surface area contributed by atoms with Crippen LogP contribution in [0, 0.1) is 18.8 Å². The molecule has 1 aromatic carbocycles. The third-order valence-corrected chi connectivity index (χ3v) is 4.37. The Kier molecular flexibility index (Phi) is 6.10. The van der Waals surface area contributed by atoms with Gasteiger partial charge in [-0.2, -0.15) is 13.2 Å². The van der Waals surface area contributed by atoms with Crippen molar-refractivity contribution in [3.63, 3.8) is 0 Å². The Morgan fingerprint density at radius 3 is 2.79 bits per heavy atom. The maximum absolute atomic E-state index is 12.4. The lowest BCUT2D eigenvalue weighted by atomic mass is 9.95. The molecule has 1 saturated carbocycles. The quantitative estimate of drug-likeness (QED) is 0.834. The van der Waals surface area contributed by atoms with Crippen molar-refractivity contribution in [3.05, 3.63) is 29.3 Å². The van der Waals surface area contributed by atoms with Crippen LogP contribution in [0.25, 0.3) is 0 Å². The van der Waals surface area contributed by atoms with Gasteiger partial charge >= 0.3 is 6.18 Å². The van der Waals surface area contributed by atoms with E-state index in [-0.39, 0.29) is 30.0 Å². The molecule has 0 spiro atoms. The Morgan fingerprint density at radius 1 is 1.38 bits per heavy atom. The first-order valence-corrected chi connectivity index (χ1v) is 8.07. The van der Waals surface area contributed by atoms with Gasteiger partial charge in [0.15, 0.2) is 6.61 Å². The Balaban J connectivity index is 2.00. The summed E-state index contributed by atoms with van der Waals surface area (Å²) in [5, 5.41) is 2.81. The molecular formula is C17H23F3N2O2. The molecule has 7 heteroatoms. The molecule has 1 fully saturated rings. The largest absolute Gasteiger partial charge is 0.484 e. The Hall–Kier alpha value is -1.76. The van der Waals surface area contributed by atoms with Crippen LogP contribution < -0.4 is 15.8 Å². The molecule has 0 aliphatic heterocycles. The molecule has 2 rings (SSSR count). The van der Waals surface area contributed by atoms with Gasteiger partial charge in [-0.15, -0.1) is 0 Å². The fourth-order valence-electron chi connectivity index (χ4n) is 3.08. The molecule has 4 nitrogen and oxygen atoms in total. The van der Waals surface area contributed by atoms with E-state index in [0.717, 1.165) is 24.8 Å². The van der Waals surface area contributed by atoms with E-state index >= 15 is 0 Å². The first kappa shape index (κ1) is 18.6. The van der Waals surface area contributed by atoms with Crippen molar-refractivity contribution in [2.24, 2.45) is 17.6 Å². The third-order valence-electron chi connectivity index (χ3n) is 4.37. The van der Waals surface area contributed by atoms with Gasteiger partial charge in [-0.25, -0.2) is 0 Å². The number of nitrogens with one attached hydrogen (secondary N) is 1. The van der Waals surface area contributed by atoms with Gasteiger partial charge in [0.05, 0.1) is 0 Å². The zero-order valence-corrected chi connectivity index (χ0v) is 13.7. The van der Waals surface area contributed by atoms with Gasteiger partial charge in [-0.05, 0) is 43.9 Å². The zero-order chi connectivity index (χ0) is 17.7. The molecule has 1 aliphatic rings. The molecule has 0 unspecified atom stereocenters. The van der Waals surface area contributed by atoms with Gasteiger partial charge in [0.25, 0.3) is 0 Å². The smallest absolute Gasteiger partial charge is 0.422 e. The summed E-state index contributed by atoms with van der Waals surface area (Å²) in [6.07, 6.45) is -1.68. The topological polar surface area (TPSA) is 64.4 Å². The van der Waals surface area contributed by atoms with Crippen LogP contribution in [0.1, 0.15) is 30.4 Å². The van der Waals surface area contributed by atoms with Gasteiger partial charge in [0.1, 0.15) is 5.75 Å². The molecule has 24 heavy (non-hydrogen) atoms. The standard InChI is InChI=1S/C17H23F3N2O2/c1-11-5-6-13(15(7-11)24-10-17(18,19)20)9-22-16(23)14-4-2-3-12(14)8-21/h5-7,12,14H,2-4,8-10,21H2,1H3,(H,22,23)/t12-,14-/m1/s1. The highest BCUT2D eigenvalue weighted by atomic mass is 19.4. The highest BCUT2D eigenvalue weighted by Gasteiger charge is 2.32. The lowest BCUT2D eigenvalue weighted by Crippen LogP contribution is -2.34. The van der Waals surface area contributed by atoms with Crippen molar-refractivity contribution in [2.75, 3.05) is 13.2 Å². The fraction of sp³-hybridized carbons (Fsp3) is 0.588. The number of rotatable bonds is 6. The third kappa shape index (κ3) is 5.12. The number of alkyl halides is 3. The molecule has 0 saturated heterocycles. The molecule has 1 aromatic rings. The minimum Gasteiger partial charge on any atom is -0.484 e. The second-order valence-corrected chi connectivity index (χ2v) is 6.27. The summed E-state index contributed by atoms with van der Waals surface area (Å²) in [7, 11) is 0. The van der Waals surface area contributed by atoms with Crippen molar-refractivity contribution >= 4 is 5.91 Å². The highest BCUT2D eigenvalue weighted by molar-refractivity contribution is 5.79. The average Bonchev–Trinajstić information content (AvgIpc) is 2.99. The summed E-state index contributed by atoms with van der Waals surface area (Å²) in [6, 6.07) is 5.00. The van der Waals surface area contributed by atoms with E-state index in [1.165, 1.54) is 0 Å². The summed E-state index contributed by atoms with van der Waals surface area (Å²) >= 11 is 0. The summed E-state index contributed by atoms with van der Waals surface area (Å²) in [4.78, 5) is 12.3. The zero-order valence-electron chi connectivity index (χ0n) is 13.7. The number of nitrogens with two attached hydrogens (primary N) is 1. The van der Waals surface area contributed by atoms with Crippen LogP contribution in [0.4, 0.5) is 13.2 Å². The van der Waals surface area contributed by atoms with Gasteiger partial charge in [0.2, 0.25) is 5.91 Å². The maximum atomic E-state index is 12.4. The number of ether oxygens (including phenoxy) is 1. The minimum atomic E-state index is -4.40. The predicted molar refractivity (Wildman–Crippen MR) is 84.5 cm³/mol. The number of carbonyl (C=O) groups is 1. The fourth-order valence-corrected chi connectivity index (χ4v) is 3.08. The van der Waals surface area contributed by atoms with Crippen molar-refractivity contribution in [2.45, 2.75) is 38.9 Å². The lowest BCUT2D eigenvalue weighted by molar-refractivity contribution is -0.153. The van der Waals surface area contributed by atoms with Crippen LogP contribution in [0.5, 0.6) is 5.75 Å². The number of amides is 1. The summed E-state index contributed by atoms with van der Waals surface area (Å²) in [6.45, 7) is 1.03. The Labute approximate surface area is 139 Å². The summed E-state index contributed by atoms with van der Waals surface area (Å²) in [5.41, 5.74) is 7.00. The molecule has 0 bridgehead atoms. The van der Waals surface area contributed by atoms with E-state index in [1.54, 1.807) is 25.1 Å². The van der Waals surface area contributed by atoms with Gasteiger partial charge in [-0.3, -0.25) is 4.79 Å². The number of halogens is 3. The second-order valence-electron chi connectivity index (χ2n) is 6.27. The number of hydrogen-bond acceptors (Lipinski definition) is 3. The van der Waals surface area contributed by atoms with E-state index < -0.39 is 12.8 Å². The molecule has 0 heterocycles. The first-order valence-electron chi connectivity index (χ1n) is 8.07. The van der Waals surface area contributed by atoms with Crippen LogP contribution in [-0.2, 0) is 11.3 Å². The van der Waals surface area contributed by atoms with E-state index in [4.69, 9.17) is 10.5 Å². The second kappa shape index (κ2) is 7.88. The van der Waals surface area contributed by atoms with Crippen LogP contribution in [-0.4, -0.2) is 25.2 Å². The predicted octanol–water partition coefficient (Wildman–Crippen LogP) is 2.93. The average molecular weight is 344 g/mol. The summed E-state index contributed by atoms with van der Waals surface area (Å²) in [5.74, 6) is 0.128.